The zero-order chi connectivity index (χ0) is 12.1. The molecule has 0 spiro atoms. The Bertz CT molecular complexity index is 344. The van der Waals surface area contributed by atoms with E-state index in [1.807, 2.05) is 16.9 Å². The number of nitrogens with zero attached hydrogens (tertiary/aromatic N) is 3. The van der Waals surface area contributed by atoms with E-state index in [1.54, 1.807) is 19.0 Å². The molecule has 0 fully saturated rings. The fraction of sp³-hybridized carbons (Fsp3) is 0.636. The van der Waals surface area contributed by atoms with Crippen LogP contribution in [-0.2, 0) is 11.3 Å². The zero-order valence-corrected chi connectivity index (χ0v) is 10.4. The number of carbonyl (C=O) groups excluding carboxylic acids is 1. The number of nitrogens with one attached hydrogen (secondary N) is 1. The molecule has 0 atom stereocenters. The lowest BCUT2D eigenvalue weighted by Gasteiger charge is -2.10. The highest BCUT2D eigenvalue weighted by molar-refractivity contribution is 5.77. The predicted octanol–water partition coefficient (Wildman–Crippen LogP) is 0.642. The van der Waals surface area contributed by atoms with Gasteiger partial charge in [0, 0.05) is 32.9 Å². The summed E-state index contributed by atoms with van der Waals surface area (Å²) in [5.74, 6) is 0.0725. The van der Waals surface area contributed by atoms with Gasteiger partial charge in [0.15, 0.2) is 0 Å². The molecule has 0 aromatic carbocycles. The Morgan fingerprint density at radius 2 is 2.25 bits per heavy atom. The van der Waals surface area contributed by atoms with Gasteiger partial charge in [-0.25, -0.2) is 0 Å². The highest BCUT2D eigenvalue weighted by Crippen LogP contribution is 2.03. The Balaban J connectivity index is 2.35. The van der Waals surface area contributed by atoms with E-state index in [2.05, 4.69) is 24.3 Å². The van der Waals surface area contributed by atoms with Gasteiger partial charge in [-0.1, -0.05) is 0 Å². The lowest BCUT2D eigenvalue weighted by molar-refractivity contribution is -0.127. The van der Waals surface area contributed by atoms with Crippen molar-refractivity contribution in [2.24, 2.45) is 0 Å². The van der Waals surface area contributed by atoms with E-state index >= 15 is 0 Å². The number of amides is 1. The summed E-state index contributed by atoms with van der Waals surface area (Å²) in [6.45, 7) is 5.14. The van der Waals surface area contributed by atoms with Gasteiger partial charge < -0.3 is 10.2 Å². The first kappa shape index (κ1) is 12.7. The molecule has 16 heavy (non-hydrogen) atoms. The molecule has 0 saturated heterocycles. The fourth-order valence-corrected chi connectivity index (χ4v) is 1.21. The second-order valence-corrected chi connectivity index (χ2v) is 4.27. The normalized spacial score (nSPS) is 10.8. The van der Waals surface area contributed by atoms with Crippen molar-refractivity contribution in [2.75, 3.05) is 20.6 Å². The van der Waals surface area contributed by atoms with Gasteiger partial charge >= 0.3 is 0 Å². The summed E-state index contributed by atoms with van der Waals surface area (Å²) < 4.78 is 1.91. The Morgan fingerprint density at radius 1 is 1.56 bits per heavy atom. The van der Waals surface area contributed by atoms with Gasteiger partial charge in [0.2, 0.25) is 5.91 Å². The van der Waals surface area contributed by atoms with Crippen LogP contribution in [0.2, 0.25) is 0 Å². The first-order valence-electron chi connectivity index (χ1n) is 5.45. The molecule has 1 amide bonds. The van der Waals surface area contributed by atoms with Crippen LogP contribution in [0.25, 0.3) is 0 Å². The minimum absolute atomic E-state index is 0.0725. The molecule has 1 rings (SSSR count). The summed E-state index contributed by atoms with van der Waals surface area (Å²) in [5.41, 5.74) is 0.959. The van der Waals surface area contributed by atoms with Gasteiger partial charge in [-0.3, -0.25) is 9.48 Å². The number of rotatable bonds is 5. The third kappa shape index (κ3) is 3.66. The molecule has 1 N–H and O–H groups in total. The Labute approximate surface area is 96.4 Å². The molecule has 5 nitrogen and oxygen atoms in total. The van der Waals surface area contributed by atoms with E-state index in [0.717, 1.165) is 5.69 Å². The lowest BCUT2D eigenvalue weighted by atomic mass is 10.4. The molecular formula is C11H20N4O. The molecule has 90 valence electrons. The highest BCUT2D eigenvalue weighted by Gasteiger charge is 2.04. The van der Waals surface area contributed by atoms with Crippen molar-refractivity contribution in [3.63, 3.8) is 0 Å². The summed E-state index contributed by atoms with van der Waals surface area (Å²) in [6.07, 6.45) is 1.95. The van der Waals surface area contributed by atoms with Gasteiger partial charge in [-0.2, -0.15) is 5.10 Å². The Hall–Kier alpha value is -1.36. The number of hydrogen-bond acceptors (Lipinski definition) is 3. The molecule has 0 unspecified atom stereocenters. The third-order valence-corrected chi connectivity index (χ3v) is 2.27. The van der Waals surface area contributed by atoms with Crippen molar-refractivity contribution < 1.29 is 4.79 Å². The second-order valence-electron chi connectivity index (χ2n) is 4.27. The molecule has 0 radical (unpaired) electrons. The minimum atomic E-state index is 0.0725. The van der Waals surface area contributed by atoms with Gasteiger partial charge in [0.05, 0.1) is 12.2 Å². The van der Waals surface area contributed by atoms with Crippen LogP contribution in [-0.4, -0.2) is 41.2 Å². The Kier molecular flexibility index (Phi) is 4.49. The van der Waals surface area contributed by atoms with Crippen LogP contribution >= 0.6 is 0 Å². The van der Waals surface area contributed by atoms with Crippen LogP contribution in [0, 0.1) is 0 Å². The molecule has 0 aliphatic rings. The number of hydrogen-bond donors (Lipinski definition) is 1. The smallest absolute Gasteiger partial charge is 0.236 e. The summed E-state index contributed by atoms with van der Waals surface area (Å²) in [5, 5.41) is 7.45. The van der Waals surface area contributed by atoms with Gasteiger partial charge in [0.25, 0.3) is 0 Å². The fourth-order valence-electron chi connectivity index (χ4n) is 1.21. The minimum Gasteiger partial charge on any atom is -0.348 e. The Morgan fingerprint density at radius 3 is 2.75 bits per heavy atom. The average Bonchev–Trinajstić information content (AvgIpc) is 2.66. The summed E-state index contributed by atoms with van der Waals surface area (Å²) >= 11 is 0. The highest BCUT2D eigenvalue weighted by atomic mass is 16.2. The summed E-state index contributed by atoms with van der Waals surface area (Å²) in [4.78, 5) is 12.9. The largest absolute Gasteiger partial charge is 0.348 e. The van der Waals surface area contributed by atoms with E-state index < -0.39 is 0 Å². The van der Waals surface area contributed by atoms with Crippen LogP contribution in [0.15, 0.2) is 12.3 Å². The van der Waals surface area contributed by atoms with Crippen molar-refractivity contribution in [3.8, 4) is 0 Å². The first-order valence-corrected chi connectivity index (χ1v) is 5.45. The number of aromatic nitrogens is 2. The molecule has 1 heterocycles. The molecule has 0 aliphatic carbocycles. The SMILES string of the molecule is CC(C)n1ccc(CNCC(=O)N(C)C)n1. The summed E-state index contributed by atoms with van der Waals surface area (Å²) in [7, 11) is 3.50. The molecule has 0 saturated carbocycles. The number of carbonyl (C=O) groups is 1. The maximum Gasteiger partial charge on any atom is 0.236 e. The standard InChI is InChI=1S/C11H20N4O/c1-9(2)15-6-5-10(13-15)7-12-8-11(16)14(3)4/h5-6,9,12H,7-8H2,1-4H3. The predicted molar refractivity (Wildman–Crippen MR) is 63.0 cm³/mol. The van der Waals surface area contributed by atoms with Gasteiger partial charge in [-0.05, 0) is 19.9 Å². The molecular weight excluding hydrogens is 204 g/mol. The van der Waals surface area contributed by atoms with Crippen LogP contribution in [0.5, 0.6) is 0 Å². The van der Waals surface area contributed by atoms with Gasteiger partial charge in [-0.15, -0.1) is 0 Å². The van der Waals surface area contributed by atoms with Crippen LogP contribution < -0.4 is 5.32 Å². The molecule has 1 aromatic rings. The van der Waals surface area contributed by atoms with Crippen LogP contribution in [0.4, 0.5) is 0 Å². The van der Waals surface area contributed by atoms with Crippen LogP contribution in [0.1, 0.15) is 25.6 Å². The monoisotopic (exact) mass is 224 g/mol. The van der Waals surface area contributed by atoms with E-state index in [0.29, 0.717) is 19.1 Å². The number of likely N-dealkylation sites (N-methyl/N-ethyl adjacent to an activating group) is 1. The second kappa shape index (κ2) is 5.65. The van der Waals surface area contributed by atoms with Crippen molar-refractivity contribution in [3.05, 3.63) is 18.0 Å². The van der Waals surface area contributed by atoms with Crippen molar-refractivity contribution >= 4 is 5.91 Å². The molecule has 5 heteroatoms. The van der Waals surface area contributed by atoms with Crippen molar-refractivity contribution in [1.82, 2.24) is 20.0 Å². The summed E-state index contributed by atoms with van der Waals surface area (Å²) in [6, 6.07) is 2.34. The van der Waals surface area contributed by atoms with E-state index in [4.69, 9.17) is 0 Å². The van der Waals surface area contributed by atoms with E-state index in [1.165, 1.54) is 0 Å². The third-order valence-electron chi connectivity index (χ3n) is 2.27. The quantitative estimate of drug-likeness (QED) is 0.798. The van der Waals surface area contributed by atoms with Crippen molar-refractivity contribution in [2.45, 2.75) is 26.4 Å². The average molecular weight is 224 g/mol. The van der Waals surface area contributed by atoms with Crippen LogP contribution in [0.3, 0.4) is 0 Å². The van der Waals surface area contributed by atoms with Crippen molar-refractivity contribution in [1.29, 1.82) is 0 Å². The zero-order valence-electron chi connectivity index (χ0n) is 10.4. The maximum absolute atomic E-state index is 11.3. The molecule has 0 bridgehead atoms. The lowest BCUT2D eigenvalue weighted by Crippen LogP contribution is -2.32. The first-order chi connectivity index (χ1) is 7.50. The van der Waals surface area contributed by atoms with E-state index in [9.17, 15) is 4.79 Å². The molecule has 1 aromatic heterocycles. The maximum atomic E-state index is 11.3. The molecule has 0 aliphatic heterocycles. The van der Waals surface area contributed by atoms with Gasteiger partial charge in [0.1, 0.15) is 0 Å². The topological polar surface area (TPSA) is 50.2 Å². The van der Waals surface area contributed by atoms with E-state index in [-0.39, 0.29) is 5.91 Å².